The molecule has 0 aliphatic carbocycles. The zero-order valence-electron chi connectivity index (χ0n) is 16.2. The number of nitrogens with two attached hydrogens (primary N) is 1. The molecule has 2 aliphatic heterocycles. The fourth-order valence-electron chi connectivity index (χ4n) is 3.69. The molecular formula is C20H22FN7O2. The monoisotopic (exact) mass is 411 g/mol. The lowest BCUT2D eigenvalue weighted by atomic mass is 9.95. The van der Waals surface area contributed by atoms with Crippen molar-refractivity contribution >= 4 is 23.2 Å². The van der Waals surface area contributed by atoms with Gasteiger partial charge in [-0.3, -0.25) is 19.6 Å². The molecule has 1 aromatic carbocycles. The molecule has 1 aromatic heterocycles. The summed E-state index contributed by atoms with van der Waals surface area (Å²) < 4.78 is 13.2. The molecule has 4 rings (SSSR count). The van der Waals surface area contributed by atoms with E-state index in [4.69, 9.17) is 5.73 Å². The first-order chi connectivity index (χ1) is 14.4. The summed E-state index contributed by atoms with van der Waals surface area (Å²) in [5.41, 5.74) is 13.5. The number of benzene rings is 1. The molecule has 0 bridgehead atoms. The molecule has 5 N–H and O–H groups in total. The van der Waals surface area contributed by atoms with Crippen molar-refractivity contribution in [1.29, 1.82) is 0 Å². The summed E-state index contributed by atoms with van der Waals surface area (Å²) in [5.74, 6) is -1.38. The fraction of sp³-hybridized carbons (Fsp3) is 0.300. The first kappa shape index (κ1) is 19.9. The molecule has 2 amide bonds. The lowest BCUT2D eigenvalue weighted by Crippen LogP contribution is -2.48. The van der Waals surface area contributed by atoms with Gasteiger partial charge in [-0.05, 0) is 42.0 Å². The van der Waals surface area contributed by atoms with Crippen molar-refractivity contribution in [3.63, 3.8) is 0 Å². The molecule has 10 heteroatoms. The number of primary amides is 1. The van der Waals surface area contributed by atoms with Crippen molar-refractivity contribution in [3.8, 4) is 0 Å². The SMILES string of the molecule is CC1C(NC(=O)C2=NN(c3ccc(F)cc3)C(C(N)=O)C2)NNC1c1ccncc1. The number of nitrogens with one attached hydrogen (secondary N) is 3. The van der Waals surface area contributed by atoms with Crippen LogP contribution in [0.2, 0.25) is 0 Å². The maximum atomic E-state index is 13.2. The Labute approximate surface area is 172 Å². The lowest BCUT2D eigenvalue weighted by Gasteiger charge is -2.20. The number of hydrogen-bond acceptors (Lipinski definition) is 7. The van der Waals surface area contributed by atoms with Crippen molar-refractivity contribution in [3.05, 3.63) is 60.2 Å². The molecule has 0 spiro atoms. The molecule has 4 atom stereocenters. The van der Waals surface area contributed by atoms with Gasteiger partial charge < -0.3 is 11.1 Å². The van der Waals surface area contributed by atoms with Gasteiger partial charge >= 0.3 is 0 Å². The smallest absolute Gasteiger partial charge is 0.268 e. The van der Waals surface area contributed by atoms with Gasteiger partial charge in [0.05, 0.1) is 17.9 Å². The number of rotatable bonds is 5. The summed E-state index contributed by atoms with van der Waals surface area (Å²) in [4.78, 5) is 28.7. The highest BCUT2D eigenvalue weighted by atomic mass is 19.1. The highest BCUT2D eigenvalue weighted by molar-refractivity contribution is 6.40. The van der Waals surface area contributed by atoms with E-state index in [1.165, 1.54) is 29.3 Å². The van der Waals surface area contributed by atoms with Crippen molar-refractivity contribution < 1.29 is 14.0 Å². The Kier molecular flexibility index (Phi) is 5.42. The molecule has 30 heavy (non-hydrogen) atoms. The van der Waals surface area contributed by atoms with Crippen molar-refractivity contribution in [1.82, 2.24) is 21.2 Å². The molecule has 1 saturated heterocycles. The largest absolute Gasteiger partial charge is 0.368 e. The quantitative estimate of drug-likeness (QED) is 0.570. The molecule has 0 radical (unpaired) electrons. The van der Waals surface area contributed by atoms with Gasteiger partial charge in [-0.15, -0.1) is 0 Å². The molecule has 2 aliphatic rings. The maximum Gasteiger partial charge on any atom is 0.268 e. The Morgan fingerprint density at radius 1 is 1.17 bits per heavy atom. The van der Waals surface area contributed by atoms with Gasteiger partial charge in [0.15, 0.2) is 0 Å². The Morgan fingerprint density at radius 3 is 2.53 bits per heavy atom. The van der Waals surface area contributed by atoms with E-state index in [0.29, 0.717) is 5.69 Å². The Bertz CT molecular complexity index is 967. The average molecular weight is 411 g/mol. The van der Waals surface area contributed by atoms with Crippen molar-refractivity contribution in [2.75, 3.05) is 5.01 Å². The third-order valence-corrected chi connectivity index (χ3v) is 5.39. The molecule has 0 saturated carbocycles. The second-order valence-electron chi connectivity index (χ2n) is 7.35. The third-order valence-electron chi connectivity index (χ3n) is 5.39. The topological polar surface area (TPSA) is 125 Å². The van der Waals surface area contributed by atoms with Crippen LogP contribution < -0.4 is 26.9 Å². The predicted octanol–water partition coefficient (Wildman–Crippen LogP) is 0.568. The van der Waals surface area contributed by atoms with Crippen LogP contribution in [-0.2, 0) is 9.59 Å². The molecule has 9 nitrogen and oxygen atoms in total. The van der Waals surface area contributed by atoms with Crippen LogP contribution >= 0.6 is 0 Å². The van der Waals surface area contributed by atoms with Gasteiger partial charge in [0.25, 0.3) is 5.91 Å². The summed E-state index contributed by atoms with van der Waals surface area (Å²) in [6.45, 7) is 2.01. The molecule has 3 heterocycles. The van der Waals surface area contributed by atoms with Crippen LogP contribution in [0.1, 0.15) is 24.9 Å². The minimum absolute atomic E-state index is 0.00195. The highest BCUT2D eigenvalue weighted by Gasteiger charge is 2.38. The summed E-state index contributed by atoms with van der Waals surface area (Å²) in [7, 11) is 0. The van der Waals surface area contributed by atoms with Gasteiger partial charge in [-0.2, -0.15) is 5.10 Å². The molecule has 156 valence electrons. The number of halogens is 1. The third kappa shape index (κ3) is 3.87. The Morgan fingerprint density at radius 2 is 1.87 bits per heavy atom. The number of carbonyl (C=O) groups is 2. The minimum atomic E-state index is -0.812. The first-order valence-electron chi connectivity index (χ1n) is 9.57. The Hall–Kier alpha value is -3.37. The van der Waals surface area contributed by atoms with Crippen LogP contribution in [0, 0.1) is 11.7 Å². The van der Waals surface area contributed by atoms with E-state index >= 15 is 0 Å². The van der Waals surface area contributed by atoms with Crippen LogP contribution in [-0.4, -0.2) is 34.7 Å². The van der Waals surface area contributed by atoms with Crippen molar-refractivity contribution in [2.45, 2.75) is 31.6 Å². The number of nitrogens with zero attached hydrogens (tertiary/aromatic N) is 3. The first-order valence-corrected chi connectivity index (χ1v) is 9.57. The maximum absolute atomic E-state index is 13.2. The second kappa shape index (κ2) is 8.17. The van der Waals surface area contributed by atoms with Crippen LogP contribution in [0.15, 0.2) is 53.9 Å². The number of amides is 2. The summed E-state index contributed by atoms with van der Waals surface area (Å²) >= 11 is 0. The predicted molar refractivity (Wildman–Crippen MR) is 108 cm³/mol. The number of pyridine rings is 1. The summed E-state index contributed by atoms with van der Waals surface area (Å²) in [5, 5.41) is 8.57. The highest BCUT2D eigenvalue weighted by Crippen LogP contribution is 2.28. The van der Waals surface area contributed by atoms with Gasteiger partial charge in [-0.25, -0.2) is 15.2 Å². The van der Waals surface area contributed by atoms with Crippen molar-refractivity contribution in [2.24, 2.45) is 16.8 Å². The van der Waals surface area contributed by atoms with Crippen LogP contribution in [0.3, 0.4) is 0 Å². The Balaban J connectivity index is 1.47. The van der Waals surface area contributed by atoms with Gasteiger partial charge in [0, 0.05) is 24.7 Å². The number of carbonyl (C=O) groups excluding carboxylic acids is 2. The number of hydrogen-bond donors (Lipinski definition) is 4. The van der Waals surface area contributed by atoms with Gasteiger partial charge in [0.1, 0.15) is 17.6 Å². The van der Waals surface area contributed by atoms with E-state index in [-0.39, 0.29) is 30.3 Å². The van der Waals surface area contributed by atoms with Gasteiger partial charge in [-0.1, -0.05) is 6.92 Å². The minimum Gasteiger partial charge on any atom is -0.368 e. The van der Waals surface area contributed by atoms with E-state index in [0.717, 1.165) is 5.56 Å². The van der Waals surface area contributed by atoms with Gasteiger partial charge in [0.2, 0.25) is 5.91 Å². The van der Waals surface area contributed by atoms with E-state index in [9.17, 15) is 14.0 Å². The number of hydrazine groups is 1. The van der Waals surface area contributed by atoms with Crippen LogP contribution in [0.5, 0.6) is 0 Å². The molecule has 4 unspecified atom stereocenters. The fourth-order valence-corrected chi connectivity index (χ4v) is 3.69. The van der Waals surface area contributed by atoms with Crippen LogP contribution in [0.4, 0.5) is 10.1 Å². The molecule has 1 fully saturated rings. The summed E-state index contributed by atoms with van der Waals surface area (Å²) in [6.07, 6.45) is 3.17. The average Bonchev–Trinajstić information content (AvgIpc) is 3.34. The zero-order chi connectivity index (χ0) is 21.3. The van der Waals surface area contributed by atoms with Crippen LogP contribution in [0.25, 0.3) is 0 Å². The van der Waals surface area contributed by atoms with E-state index in [2.05, 4.69) is 26.3 Å². The summed E-state index contributed by atoms with van der Waals surface area (Å²) in [6, 6.07) is 8.51. The normalized spacial score (nSPS) is 25.8. The number of aromatic nitrogens is 1. The standard InChI is InChI=1S/C20H22FN7O2/c1-11-17(12-6-8-23-9-7-12)25-26-19(11)24-20(30)15-10-16(18(22)29)28(27-15)14-4-2-13(21)3-5-14/h2-9,11,16-17,19,25-26H,10H2,1H3,(H2,22,29)(H,24,30). The van der Waals surface area contributed by atoms with E-state index < -0.39 is 23.7 Å². The van der Waals surface area contributed by atoms with E-state index in [1.807, 2.05) is 19.1 Å². The lowest BCUT2D eigenvalue weighted by molar-refractivity contribution is -0.119. The second-order valence-corrected chi connectivity index (χ2v) is 7.35. The molecule has 2 aromatic rings. The number of hydrazone groups is 1. The van der Waals surface area contributed by atoms with E-state index in [1.54, 1.807) is 12.4 Å². The molecular weight excluding hydrogens is 389 g/mol. The number of anilines is 1. The zero-order valence-corrected chi connectivity index (χ0v) is 16.2.